The molecule has 1 aromatic rings. The van der Waals surface area contributed by atoms with Crippen molar-refractivity contribution in [2.24, 2.45) is 14.1 Å². The topological polar surface area (TPSA) is 71.0 Å². The molecule has 1 fully saturated rings. The quantitative estimate of drug-likeness (QED) is 0.744. The Hall–Kier alpha value is -1.68. The summed E-state index contributed by atoms with van der Waals surface area (Å²) in [4.78, 5) is 26.2. The third kappa shape index (κ3) is 2.14. The van der Waals surface area contributed by atoms with Gasteiger partial charge in [-0.05, 0) is 6.92 Å². The Morgan fingerprint density at radius 1 is 1.25 bits per heavy atom. The largest absolute Gasteiger partial charge is 0.352 e. The Kier molecular flexibility index (Phi) is 3.95. The maximum Gasteiger partial charge on any atom is 0.332 e. The molecule has 0 aliphatic carbocycles. The van der Waals surface area contributed by atoms with Crippen LogP contribution in [0.4, 0.5) is 5.82 Å². The van der Waals surface area contributed by atoms with Crippen molar-refractivity contribution in [1.29, 1.82) is 5.26 Å². The second-order valence-corrected chi connectivity index (χ2v) is 6.51. The first-order chi connectivity index (χ1) is 9.40. The van der Waals surface area contributed by atoms with Crippen LogP contribution in [0.25, 0.3) is 0 Å². The highest BCUT2D eigenvalue weighted by atomic mass is 32.2. The van der Waals surface area contributed by atoms with E-state index in [0.29, 0.717) is 11.1 Å². The fraction of sp³-hybridized carbons (Fsp3) is 0.615. The predicted octanol–water partition coefficient (Wildman–Crippen LogP) is 0.286. The summed E-state index contributed by atoms with van der Waals surface area (Å²) in [5.74, 6) is 1.36. The summed E-state index contributed by atoms with van der Waals surface area (Å²) < 4.78 is 2.38. The van der Waals surface area contributed by atoms with Gasteiger partial charge in [-0.1, -0.05) is 6.92 Å². The fourth-order valence-corrected chi connectivity index (χ4v) is 3.60. The van der Waals surface area contributed by atoms with Crippen LogP contribution >= 0.6 is 11.8 Å². The van der Waals surface area contributed by atoms with E-state index in [2.05, 4.69) is 13.8 Å². The zero-order valence-electron chi connectivity index (χ0n) is 12.1. The lowest BCUT2D eigenvalue weighted by Crippen LogP contribution is -2.50. The van der Waals surface area contributed by atoms with Crippen LogP contribution < -0.4 is 16.1 Å². The third-order valence-electron chi connectivity index (χ3n) is 3.90. The lowest BCUT2D eigenvalue weighted by atomic mass is 10.1. The molecule has 20 heavy (non-hydrogen) atoms. The van der Waals surface area contributed by atoms with Gasteiger partial charge in [0.05, 0.1) is 0 Å². The molecule has 7 heteroatoms. The Morgan fingerprint density at radius 3 is 2.50 bits per heavy atom. The van der Waals surface area contributed by atoms with Gasteiger partial charge in [-0.25, -0.2) is 4.79 Å². The van der Waals surface area contributed by atoms with Gasteiger partial charge in [-0.2, -0.15) is 17.0 Å². The van der Waals surface area contributed by atoms with Crippen LogP contribution in [-0.4, -0.2) is 32.7 Å². The van der Waals surface area contributed by atoms with E-state index in [1.54, 1.807) is 7.05 Å². The van der Waals surface area contributed by atoms with Crippen LogP contribution in [0.15, 0.2) is 9.59 Å². The Labute approximate surface area is 121 Å². The van der Waals surface area contributed by atoms with E-state index in [1.807, 2.05) is 22.7 Å². The number of hydrogen-bond acceptors (Lipinski definition) is 5. The van der Waals surface area contributed by atoms with Crippen LogP contribution in [0.2, 0.25) is 0 Å². The van der Waals surface area contributed by atoms with Gasteiger partial charge >= 0.3 is 5.69 Å². The molecular weight excluding hydrogens is 276 g/mol. The molecule has 6 nitrogen and oxygen atoms in total. The first-order valence-corrected chi connectivity index (χ1v) is 7.53. The number of thioether (sulfide) groups is 1. The summed E-state index contributed by atoms with van der Waals surface area (Å²) in [7, 11) is 3.00. The number of nitrogens with zero attached hydrogens (tertiary/aromatic N) is 4. The summed E-state index contributed by atoms with van der Waals surface area (Å²) in [6.45, 7) is 4.90. The summed E-state index contributed by atoms with van der Waals surface area (Å²) >= 11 is 1.86. The monoisotopic (exact) mass is 294 g/mol. The minimum atomic E-state index is -0.524. The van der Waals surface area contributed by atoms with Gasteiger partial charge in [0.25, 0.3) is 5.56 Å². The molecule has 1 aliphatic rings. The second kappa shape index (κ2) is 5.37. The number of anilines is 1. The molecular formula is C13H18N4O2S. The first kappa shape index (κ1) is 14.7. The number of aromatic nitrogens is 2. The van der Waals surface area contributed by atoms with Crippen molar-refractivity contribution in [2.75, 3.05) is 17.2 Å². The zero-order chi connectivity index (χ0) is 15.0. The SMILES string of the molecule is C[C@H]1SCCN(c2c(C#N)c(=O)n(C)c(=O)n2C)[C@H]1C. The van der Waals surface area contributed by atoms with Crippen molar-refractivity contribution in [3.63, 3.8) is 0 Å². The van der Waals surface area contributed by atoms with E-state index in [0.717, 1.165) is 16.9 Å². The van der Waals surface area contributed by atoms with Crippen LogP contribution in [0.5, 0.6) is 0 Å². The molecule has 0 aromatic carbocycles. The van der Waals surface area contributed by atoms with Gasteiger partial charge in [0.1, 0.15) is 11.9 Å². The Morgan fingerprint density at radius 2 is 1.90 bits per heavy atom. The lowest BCUT2D eigenvalue weighted by molar-refractivity contribution is 0.585. The molecule has 0 radical (unpaired) electrons. The molecule has 0 saturated carbocycles. The minimum Gasteiger partial charge on any atom is -0.352 e. The molecule has 0 N–H and O–H groups in total. The van der Waals surface area contributed by atoms with Crippen molar-refractivity contribution < 1.29 is 0 Å². The number of nitriles is 1. The zero-order valence-corrected chi connectivity index (χ0v) is 12.9. The molecule has 2 rings (SSSR count). The minimum absolute atomic E-state index is 0.0422. The van der Waals surface area contributed by atoms with Crippen molar-refractivity contribution in [2.45, 2.75) is 25.1 Å². The molecule has 2 heterocycles. The lowest BCUT2D eigenvalue weighted by Gasteiger charge is -2.39. The standard InChI is InChI=1S/C13H18N4O2S/c1-8-9(2)20-6-5-17(8)11-10(7-14)12(18)16(4)13(19)15(11)3/h8-9H,5-6H2,1-4H3/t8-,9+/m0/s1. The molecule has 1 aliphatic heterocycles. The summed E-state index contributed by atoms with van der Waals surface area (Å²) in [6, 6.07) is 2.13. The van der Waals surface area contributed by atoms with Gasteiger partial charge < -0.3 is 4.90 Å². The van der Waals surface area contributed by atoms with Gasteiger partial charge in [0, 0.05) is 37.7 Å². The summed E-state index contributed by atoms with van der Waals surface area (Å²) in [5, 5.41) is 9.70. The molecule has 0 bridgehead atoms. The normalized spacial score (nSPS) is 22.6. The third-order valence-corrected chi connectivity index (χ3v) is 5.24. The fourth-order valence-electron chi connectivity index (χ4n) is 2.50. The van der Waals surface area contributed by atoms with Gasteiger partial charge in [-0.15, -0.1) is 0 Å². The summed E-state index contributed by atoms with van der Waals surface area (Å²) in [5.41, 5.74) is -0.883. The average molecular weight is 294 g/mol. The number of rotatable bonds is 1. The van der Waals surface area contributed by atoms with E-state index < -0.39 is 11.2 Å². The molecule has 1 saturated heterocycles. The molecule has 108 valence electrons. The van der Waals surface area contributed by atoms with Gasteiger partial charge in [-0.3, -0.25) is 13.9 Å². The van der Waals surface area contributed by atoms with Crippen molar-refractivity contribution in [3.8, 4) is 6.07 Å². The van der Waals surface area contributed by atoms with Crippen molar-refractivity contribution >= 4 is 17.6 Å². The van der Waals surface area contributed by atoms with E-state index >= 15 is 0 Å². The summed E-state index contributed by atoms with van der Waals surface area (Å²) in [6.07, 6.45) is 0. The number of hydrogen-bond donors (Lipinski definition) is 0. The average Bonchev–Trinajstić information content (AvgIpc) is 2.44. The molecule has 1 aromatic heterocycles. The van der Waals surface area contributed by atoms with E-state index in [1.165, 1.54) is 11.6 Å². The van der Waals surface area contributed by atoms with Crippen molar-refractivity contribution in [1.82, 2.24) is 9.13 Å². The van der Waals surface area contributed by atoms with Crippen LogP contribution in [0.3, 0.4) is 0 Å². The molecule has 0 amide bonds. The highest BCUT2D eigenvalue weighted by molar-refractivity contribution is 8.00. The van der Waals surface area contributed by atoms with E-state index in [-0.39, 0.29) is 11.6 Å². The molecule has 2 atom stereocenters. The first-order valence-electron chi connectivity index (χ1n) is 6.48. The molecule has 0 unspecified atom stereocenters. The Balaban J connectivity index is 2.71. The molecule has 0 spiro atoms. The van der Waals surface area contributed by atoms with Gasteiger partial charge in [0.15, 0.2) is 5.56 Å². The highest BCUT2D eigenvalue weighted by Crippen LogP contribution is 2.29. The van der Waals surface area contributed by atoms with E-state index in [4.69, 9.17) is 0 Å². The van der Waals surface area contributed by atoms with Crippen LogP contribution in [-0.2, 0) is 14.1 Å². The van der Waals surface area contributed by atoms with Crippen molar-refractivity contribution in [3.05, 3.63) is 26.4 Å². The van der Waals surface area contributed by atoms with Crippen LogP contribution in [0.1, 0.15) is 19.4 Å². The smallest absolute Gasteiger partial charge is 0.332 e. The second-order valence-electron chi connectivity index (χ2n) is 5.03. The van der Waals surface area contributed by atoms with E-state index in [9.17, 15) is 14.9 Å². The maximum absolute atomic E-state index is 12.1. The van der Waals surface area contributed by atoms with Gasteiger partial charge in [0.2, 0.25) is 0 Å². The van der Waals surface area contributed by atoms with Crippen LogP contribution in [0, 0.1) is 11.3 Å². The maximum atomic E-state index is 12.1. The highest BCUT2D eigenvalue weighted by Gasteiger charge is 2.30. The predicted molar refractivity (Wildman–Crippen MR) is 80.4 cm³/mol. The Bertz CT molecular complexity index is 685.